The lowest BCUT2D eigenvalue weighted by Crippen LogP contribution is -2.36. The average Bonchev–Trinajstić information content (AvgIpc) is 2.84. The summed E-state index contributed by atoms with van der Waals surface area (Å²) in [5, 5.41) is 9.42. The molecule has 5 nitrogen and oxygen atoms in total. The molecule has 0 radical (unpaired) electrons. The highest BCUT2D eigenvalue weighted by molar-refractivity contribution is 7.89. The molecule has 0 aromatic heterocycles. The Kier molecular flexibility index (Phi) is 4.54. The van der Waals surface area contributed by atoms with E-state index < -0.39 is 21.4 Å². The Labute approximate surface area is 133 Å². The van der Waals surface area contributed by atoms with E-state index in [0.29, 0.717) is 6.42 Å². The minimum absolute atomic E-state index is 0.0341. The van der Waals surface area contributed by atoms with Gasteiger partial charge in [-0.15, -0.1) is 0 Å². The molecule has 0 bridgehead atoms. The predicted octanol–water partition coefficient (Wildman–Crippen LogP) is 2.87. The number of aliphatic carboxylic acids is 1. The zero-order valence-electron chi connectivity index (χ0n) is 11.3. The molecule has 1 aromatic rings. The van der Waals surface area contributed by atoms with Crippen LogP contribution in [-0.2, 0) is 14.8 Å². The zero-order valence-corrected chi connectivity index (χ0v) is 13.7. The molecule has 116 valence electrons. The molecule has 0 saturated carbocycles. The monoisotopic (exact) mass is 351 g/mol. The van der Waals surface area contributed by atoms with Crippen LogP contribution in [0, 0.1) is 5.41 Å². The third kappa shape index (κ3) is 2.77. The summed E-state index contributed by atoms with van der Waals surface area (Å²) >= 11 is 11.9. The van der Waals surface area contributed by atoms with Crippen LogP contribution in [0.3, 0.4) is 0 Å². The molecule has 1 unspecified atom stereocenters. The predicted molar refractivity (Wildman–Crippen MR) is 80.2 cm³/mol. The van der Waals surface area contributed by atoms with Crippen LogP contribution in [0.5, 0.6) is 0 Å². The first-order valence-corrected chi connectivity index (χ1v) is 8.62. The quantitative estimate of drug-likeness (QED) is 0.904. The Morgan fingerprint density at radius 2 is 1.95 bits per heavy atom. The molecular formula is C13H15Cl2NO4S. The van der Waals surface area contributed by atoms with Gasteiger partial charge in [0.05, 0.1) is 15.5 Å². The Hall–Kier alpha value is -0.820. The minimum Gasteiger partial charge on any atom is -0.481 e. The van der Waals surface area contributed by atoms with Gasteiger partial charge in [0.15, 0.2) is 0 Å². The van der Waals surface area contributed by atoms with E-state index in [1.165, 1.54) is 12.1 Å². The number of rotatable bonds is 4. The molecule has 1 aliphatic heterocycles. The molecule has 0 spiro atoms. The molecule has 1 saturated heterocycles. The Bertz CT molecular complexity index is 656. The normalized spacial score (nSPS) is 23.4. The molecule has 1 N–H and O–H groups in total. The largest absolute Gasteiger partial charge is 0.481 e. The minimum atomic E-state index is -3.91. The van der Waals surface area contributed by atoms with Crippen molar-refractivity contribution in [2.45, 2.75) is 24.7 Å². The first-order chi connectivity index (χ1) is 9.74. The molecule has 1 aromatic carbocycles. The van der Waals surface area contributed by atoms with Gasteiger partial charge in [0, 0.05) is 13.1 Å². The second kappa shape index (κ2) is 5.76. The van der Waals surface area contributed by atoms with Crippen LogP contribution in [0.15, 0.2) is 23.1 Å². The molecular weight excluding hydrogens is 337 g/mol. The van der Waals surface area contributed by atoms with Crippen molar-refractivity contribution in [1.82, 2.24) is 4.31 Å². The van der Waals surface area contributed by atoms with Gasteiger partial charge in [-0.1, -0.05) is 36.2 Å². The Morgan fingerprint density at radius 1 is 1.38 bits per heavy atom. The van der Waals surface area contributed by atoms with E-state index in [2.05, 4.69) is 0 Å². The number of carboxylic acids is 1. The van der Waals surface area contributed by atoms with Gasteiger partial charge in [0.1, 0.15) is 4.90 Å². The lowest BCUT2D eigenvalue weighted by atomic mass is 9.85. The van der Waals surface area contributed by atoms with Crippen molar-refractivity contribution in [2.24, 2.45) is 5.41 Å². The van der Waals surface area contributed by atoms with E-state index in [1.54, 1.807) is 13.0 Å². The fourth-order valence-corrected chi connectivity index (χ4v) is 5.13. The number of hydrogen-bond acceptors (Lipinski definition) is 3. The van der Waals surface area contributed by atoms with E-state index in [9.17, 15) is 18.3 Å². The van der Waals surface area contributed by atoms with Gasteiger partial charge in [0.25, 0.3) is 0 Å². The van der Waals surface area contributed by atoms with Gasteiger partial charge in [-0.25, -0.2) is 8.42 Å². The van der Waals surface area contributed by atoms with E-state index in [4.69, 9.17) is 23.2 Å². The molecule has 0 amide bonds. The van der Waals surface area contributed by atoms with E-state index in [1.807, 2.05) is 0 Å². The summed E-state index contributed by atoms with van der Waals surface area (Å²) in [5.74, 6) is -0.979. The SMILES string of the molecule is CCC1(C(=O)O)CCN(S(=O)(=O)c2c(Cl)cccc2Cl)C1. The number of carbonyl (C=O) groups is 1. The van der Waals surface area contributed by atoms with Crippen molar-refractivity contribution >= 4 is 39.2 Å². The van der Waals surface area contributed by atoms with Crippen molar-refractivity contribution in [3.63, 3.8) is 0 Å². The number of benzene rings is 1. The second-order valence-electron chi connectivity index (χ2n) is 5.08. The van der Waals surface area contributed by atoms with Gasteiger partial charge < -0.3 is 5.11 Å². The standard InChI is InChI=1S/C13H15Cl2NO4S/c1-2-13(12(17)18)6-7-16(8-13)21(19,20)11-9(14)4-3-5-10(11)15/h3-5H,2,6-8H2,1H3,(H,17,18). The van der Waals surface area contributed by atoms with Crippen LogP contribution in [0.1, 0.15) is 19.8 Å². The van der Waals surface area contributed by atoms with Crippen LogP contribution in [0.25, 0.3) is 0 Å². The maximum absolute atomic E-state index is 12.7. The lowest BCUT2D eigenvalue weighted by molar-refractivity contribution is -0.148. The summed E-state index contributed by atoms with van der Waals surface area (Å²) in [7, 11) is -3.91. The van der Waals surface area contributed by atoms with Gasteiger partial charge >= 0.3 is 5.97 Å². The van der Waals surface area contributed by atoms with Gasteiger partial charge in [0.2, 0.25) is 10.0 Å². The summed E-state index contributed by atoms with van der Waals surface area (Å²) in [6, 6.07) is 4.45. The van der Waals surface area contributed by atoms with Crippen LogP contribution < -0.4 is 0 Å². The van der Waals surface area contributed by atoms with Crippen molar-refractivity contribution < 1.29 is 18.3 Å². The maximum atomic E-state index is 12.7. The van der Waals surface area contributed by atoms with Crippen LogP contribution >= 0.6 is 23.2 Å². The number of halogens is 2. The summed E-state index contributed by atoms with van der Waals surface area (Å²) in [4.78, 5) is 11.3. The maximum Gasteiger partial charge on any atom is 0.311 e. The fourth-order valence-electron chi connectivity index (χ4n) is 2.51. The highest BCUT2D eigenvalue weighted by atomic mass is 35.5. The lowest BCUT2D eigenvalue weighted by Gasteiger charge is -2.23. The molecule has 1 heterocycles. The molecule has 21 heavy (non-hydrogen) atoms. The first kappa shape index (κ1) is 16.5. The summed E-state index contributed by atoms with van der Waals surface area (Å²) in [6.45, 7) is 1.82. The van der Waals surface area contributed by atoms with Crippen molar-refractivity contribution in [3.8, 4) is 0 Å². The molecule has 1 fully saturated rings. The molecule has 2 rings (SSSR count). The van der Waals surface area contributed by atoms with E-state index in [0.717, 1.165) is 4.31 Å². The number of sulfonamides is 1. The van der Waals surface area contributed by atoms with Crippen LogP contribution in [0.2, 0.25) is 10.0 Å². The van der Waals surface area contributed by atoms with Crippen molar-refractivity contribution in [3.05, 3.63) is 28.2 Å². The van der Waals surface area contributed by atoms with E-state index >= 15 is 0 Å². The summed E-state index contributed by atoms with van der Waals surface area (Å²) in [5.41, 5.74) is -1.04. The summed E-state index contributed by atoms with van der Waals surface area (Å²) in [6.07, 6.45) is 0.644. The third-order valence-corrected chi connectivity index (χ3v) is 6.77. The number of nitrogens with zero attached hydrogens (tertiary/aromatic N) is 1. The highest BCUT2D eigenvalue weighted by Gasteiger charge is 2.47. The molecule has 1 aliphatic rings. The Balaban J connectivity index is 2.41. The van der Waals surface area contributed by atoms with Gasteiger partial charge in [-0.3, -0.25) is 4.79 Å². The topological polar surface area (TPSA) is 74.7 Å². The van der Waals surface area contributed by atoms with Gasteiger partial charge in [-0.05, 0) is 25.0 Å². The summed E-state index contributed by atoms with van der Waals surface area (Å²) < 4.78 is 26.5. The first-order valence-electron chi connectivity index (χ1n) is 6.42. The van der Waals surface area contributed by atoms with Crippen molar-refractivity contribution in [2.75, 3.05) is 13.1 Å². The second-order valence-corrected chi connectivity index (χ2v) is 7.77. The zero-order chi connectivity index (χ0) is 15.8. The molecule has 1 atom stereocenters. The Morgan fingerprint density at radius 3 is 2.38 bits per heavy atom. The molecule has 0 aliphatic carbocycles. The number of hydrogen-bond donors (Lipinski definition) is 1. The smallest absolute Gasteiger partial charge is 0.311 e. The average molecular weight is 352 g/mol. The van der Waals surface area contributed by atoms with Crippen LogP contribution in [0.4, 0.5) is 0 Å². The third-order valence-electron chi connectivity index (χ3n) is 3.97. The highest BCUT2D eigenvalue weighted by Crippen LogP contribution is 2.39. The number of carboxylic acid groups (broad SMARTS) is 1. The molecule has 8 heteroatoms. The van der Waals surface area contributed by atoms with Crippen LogP contribution in [-0.4, -0.2) is 36.9 Å². The fraction of sp³-hybridized carbons (Fsp3) is 0.462. The van der Waals surface area contributed by atoms with E-state index in [-0.39, 0.29) is 34.5 Å². The van der Waals surface area contributed by atoms with Crippen molar-refractivity contribution in [1.29, 1.82) is 0 Å². The van der Waals surface area contributed by atoms with Gasteiger partial charge in [-0.2, -0.15) is 4.31 Å².